The minimum Gasteiger partial charge on any atom is -0.355 e. The van der Waals surface area contributed by atoms with E-state index in [1.54, 1.807) is 6.20 Å². The maximum Gasteiger partial charge on any atom is 0.207 e. The van der Waals surface area contributed by atoms with Gasteiger partial charge in [-0.25, -0.2) is 4.98 Å². The van der Waals surface area contributed by atoms with E-state index in [2.05, 4.69) is 17.2 Å². The minimum atomic E-state index is 0.722. The number of benzene rings is 1. The zero-order valence-electron chi connectivity index (χ0n) is 9.15. The predicted molar refractivity (Wildman–Crippen MR) is 67.4 cm³/mol. The molecule has 84 valence electrons. The van der Waals surface area contributed by atoms with E-state index >= 15 is 0 Å². The summed E-state index contributed by atoms with van der Waals surface area (Å²) in [6.45, 7) is 3.03. The highest BCUT2D eigenvalue weighted by atomic mass is 35.5. The van der Waals surface area contributed by atoms with Crippen LogP contribution in [0.4, 0.5) is 5.95 Å². The molecule has 0 fully saturated rings. The summed E-state index contributed by atoms with van der Waals surface area (Å²) in [4.78, 5) is 4.26. The van der Waals surface area contributed by atoms with Crippen LogP contribution in [0.15, 0.2) is 36.7 Å². The Labute approximate surface area is 100 Å². The van der Waals surface area contributed by atoms with Crippen LogP contribution in [0.25, 0.3) is 5.69 Å². The number of hydrogen-bond acceptors (Lipinski definition) is 2. The highest BCUT2D eigenvalue weighted by Gasteiger charge is 2.06. The Balaban J connectivity index is 2.33. The first kappa shape index (κ1) is 11.0. The standard InChI is InChI=1S/C12H14ClN3/c1-2-7-14-12-15-8-9-16(12)11-6-4-3-5-10(11)13/h3-6,8-9H,2,7H2,1H3,(H,14,15). The van der Waals surface area contributed by atoms with Gasteiger partial charge in [0.25, 0.3) is 0 Å². The van der Waals surface area contributed by atoms with Crippen molar-refractivity contribution in [2.45, 2.75) is 13.3 Å². The van der Waals surface area contributed by atoms with Gasteiger partial charge < -0.3 is 5.32 Å². The number of halogens is 1. The van der Waals surface area contributed by atoms with Gasteiger partial charge in [-0.15, -0.1) is 0 Å². The van der Waals surface area contributed by atoms with Crippen molar-refractivity contribution in [3.8, 4) is 5.69 Å². The smallest absolute Gasteiger partial charge is 0.207 e. The van der Waals surface area contributed by atoms with Gasteiger partial charge in [0.2, 0.25) is 5.95 Å². The molecule has 4 heteroatoms. The maximum absolute atomic E-state index is 6.15. The van der Waals surface area contributed by atoms with Crippen molar-refractivity contribution in [2.24, 2.45) is 0 Å². The lowest BCUT2D eigenvalue weighted by atomic mass is 10.3. The Morgan fingerprint density at radius 2 is 2.19 bits per heavy atom. The van der Waals surface area contributed by atoms with E-state index in [-0.39, 0.29) is 0 Å². The molecule has 1 aromatic heterocycles. The fourth-order valence-corrected chi connectivity index (χ4v) is 1.74. The predicted octanol–water partition coefficient (Wildman–Crippen LogP) is 3.35. The third-order valence-electron chi connectivity index (χ3n) is 2.29. The monoisotopic (exact) mass is 235 g/mol. The molecule has 0 amide bonds. The van der Waals surface area contributed by atoms with Crippen LogP contribution in [-0.4, -0.2) is 16.1 Å². The third kappa shape index (κ3) is 2.19. The van der Waals surface area contributed by atoms with Crippen molar-refractivity contribution in [3.63, 3.8) is 0 Å². The zero-order valence-corrected chi connectivity index (χ0v) is 9.91. The SMILES string of the molecule is CCCNc1nccn1-c1ccccc1Cl. The first-order chi connectivity index (χ1) is 7.83. The number of imidazole rings is 1. The molecule has 0 atom stereocenters. The molecule has 0 unspecified atom stereocenters. The van der Waals surface area contributed by atoms with Crippen LogP contribution in [-0.2, 0) is 0 Å². The highest BCUT2D eigenvalue weighted by molar-refractivity contribution is 6.32. The van der Waals surface area contributed by atoms with Crippen molar-refractivity contribution in [1.29, 1.82) is 0 Å². The molecule has 0 saturated heterocycles. The second kappa shape index (κ2) is 5.03. The van der Waals surface area contributed by atoms with E-state index < -0.39 is 0 Å². The van der Waals surface area contributed by atoms with E-state index in [1.807, 2.05) is 35.0 Å². The van der Waals surface area contributed by atoms with E-state index in [9.17, 15) is 0 Å². The van der Waals surface area contributed by atoms with E-state index in [4.69, 9.17) is 11.6 Å². The van der Waals surface area contributed by atoms with Gasteiger partial charge in [-0.2, -0.15) is 0 Å². The van der Waals surface area contributed by atoms with Crippen LogP contribution < -0.4 is 5.32 Å². The molecule has 1 N–H and O–H groups in total. The Kier molecular flexibility index (Phi) is 3.47. The first-order valence-corrected chi connectivity index (χ1v) is 5.73. The van der Waals surface area contributed by atoms with Gasteiger partial charge in [-0.05, 0) is 18.6 Å². The Bertz CT molecular complexity index is 465. The Morgan fingerprint density at radius 3 is 2.94 bits per heavy atom. The van der Waals surface area contributed by atoms with Gasteiger partial charge in [0.1, 0.15) is 0 Å². The lowest BCUT2D eigenvalue weighted by molar-refractivity contribution is 0.937. The summed E-state index contributed by atoms with van der Waals surface area (Å²) in [5, 5.41) is 3.98. The summed E-state index contributed by atoms with van der Waals surface area (Å²) >= 11 is 6.15. The Morgan fingerprint density at radius 1 is 1.38 bits per heavy atom. The summed E-state index contributed by atoms with van der Waals surface area (Å²) in [5.41, 5.74) is 0.945. The normalized spacial score (nSPS) is 10.4. The van der Waals surface area contributed by atoms with Crippen molar-refractivity contribution in [2.75, 3.05) is 11.9 Å². The van der Waals surface area contributed by atoms with Crippen LogP contribution in [0, 0.1) is 0 Å². The molecule has 3 nitrogen and oxygen atoms in total. The van der Waals surface area contributed by atoms with E-state index in [0.29, 0.717) is 0 Å². The number of nitrogens with one attached hydrogen (secondary N) is 1. The molecule has 0 spiro atoms. The summed E-state index contributed by atoms with van der Waals surface area (Å²) in [7, 11) is 0. The molecular formula is C12H14ClN3. The molecular weight excluding hydrogens is 222 g/mol. The largest absolute Gasteiger partial charge is 0.355 e. The molecule has 16 heavy (non-hydrogen) atoms. The van der Waals surface area contributed by atoms with Crippen molar-refractivity contribution < 1.29 is 0 Å². The van der Waals surface area contributed by atoms with Gasteiger partial charge in [-0.1, -0.05) is 30.7 Å². The second-order valence-corrected chi connectivity index (χ2v) is 3.91. The number of nitrogens with zero attached hydrogens (tertiary/aromatic N) is 2. The number of hydrogen-bond donors (Lipinski definition) is 1. The van der Waals surface area contributed by atoms with Crippen molar-refractivity contribution in [3.05, 3.63) is 41.7 Å². The van der Waals surface area contributed by atoms with Crippen molar-refractivity contribution >= 4 is 17.5 Å². The molecule has 0 bridgehead atoms. The van der Waals surface area contributed by atoms with Crippen molar-refractivity contribution in [1.82, 2.24) is 9.55 Å². The molecule has 1 aromatic carbocycles. The average molecular weight is 236 g/mol. The van der Waals surface area contributed by atoms with Gasteiger partial charge in [0.15, 0.2) is 0 Å². The van der Waals surface area contributed by atoms with Crippen LogP contribution >= 0.6 is 11.6 Å². The van der Waals surface area contributed by atoms with Crippen LogP contribution in [0.2, 0.25) is 5.02 Å². The molecule has 1 heterocycles. The second-order valence-electron chi connectivity index (χ2n) is 3.50. The topological polar surface area (TPSA) is 29.9 Å². The van der Waals surface area contributed by atoms with E-state index in [1.165, 1.54) is 0 Å². The summed E-state index contributed by atoms with van der Waals surface area (Å²) in [6, 6.07) is 7.73. The molecule has 0 aliphatic heterocycles. The maximum atomic E-state index is 6.15. The average Bonchev–Trinajstić information content (AvgIpc) is 2.75. The zero-order chi connectivity index (χ0) is 11.4. The minimum absolute atomic E-state index is 0.722. The van der Waals surface area contributed by atoms with Gasteiger partial charge >= 0.3 is 0 Å². The Hall–Kier alpha value is -1.48. The third-order valence-corrected chi connectivity index (χ3v) is 2.61. The van der Waals surface area contributed by atoms with Gasteiger partial charge in [0, 0.05) is 18.9 Å². The summed E-state index contributed by atoms with van der Waals surface area (Å²) in [6.07, 6.45) is 4.73. The summed E-state index contributed by atoms with van der Waals surface area (Å²) in [5.74, 6) is 0.829. The number of rotatable bonds is 4. The number of para-hydroxylation sites is 1. The van der Waals surface area contributed by atoms with Crippen LogP contribution in [0.3, 0.4) is 0 Å². The molecule has 2 rings (SSSR count). The lowest BCUT2D eigenvalue weighted by Gasteiger charge is -2.10. The van der Waals surface area contributed by atoms with Crippen LogP contribution in [0.5, 0.6) is 0 Å². The van der Waals surface area contributed by atoms with Crippen LogP contribution in [0.1, 0.15) is 13.3 Å². The molecule has 0 aliphatic carbocycles. The lowest BCUT2D eigenvalue weighted by Crippen LogP contribution is -2.06. The summed E-state index contributed by atoms with van der Waals surface area (Å²) < 4.78 is 1.96. The molecule has 2 aromatic rings. The number of anilines is 1. The quantitative estimate of drug-likeness (QED) is 0.881. The van der Waals surface area contributed by atoms with Gasteiger partial charge in [-0.3, -0.25) is 4.57 Å². The fraction of sp³-hybridized carbons (Fsp3) is 0.250. The highest BCUT2D eigenvalue weighted by Crippen LogP contribution is 2.22. The van der Waals surface area contributed by atoms with Gasteiger partial charge in [0.05, 0.1) is 10.7 Å². The molecule has 0 saturated carbocycles. The molecule has 0 aliphatic rings. The fourth-order valence-electron chi connectivity index (χ4n) is 1.51. The molecule has 0 radical (unpaired) electrons. The first-order valence-electron chi connectivity index (χ1n) is 5.35. The number of aromatic nitrogens is 2. The van der Waals surface area contributed by atoms with E-state index in [0.717, 1.165) is 29.6 Å².